The van der Waals surface area contributed by atoms with Gasteiger partial charge in [0.05, 0.1) is 32.1 Å². The molecule has 11 nitrogen and oxygen atoms in total. The molecule has 0 spiro atoms. The van der Waals surface area contributed by atoms with Gasteiger partial charge in [-0.05, 0) is 17.7 Å². The van der Waals surface area contributed by atoms with Gasteiger partial charge in [0.15, 0.2) is 10.7 Å². The molecule has 4 rings (SSSR count). The van der Waals surface area contributed by atoms with Gasteiger partial charge in [0.25, 0.3) is 15.9 Å². The lowest BCUT2D eigenvalue weighted by Gasteiger charge is -2.26. The number of morpholine rings is 1. The lowest BCUT2D eigenvalue weighted by atomic mass is 10.1. The molecule has 0 unspecified atom stereocenters. The highest BCUT2D eigenvalue weighted by atomic mass is 32.2. The first-order valence-corrected chi connectivity index (χ1v) is 13.9. The summed E-state index contributed by atoms with van der Waals surface area (Å²) in [5, 5.41) is 12.1. The van der Waals surface area contributed by atoms with Crippen LogP contribution in [0.2, 0.25) is 0 Å². The lowest BCUT2D eigenvalue weighted by molar-refractivity contribution is -0.117. The summed E-state index contributed by atoms with van der Waals surface area (Å²) in [6.07, 6.45) is 0. The van der Waals surface area contributed by atoms with E-state index in [1.807, 2.05) is 6.07 Å². The lowest BCUT2D eigenvalue weighted by Crippen LogP contribution is -2.35. The van der Waals surface area contributed by atoms with E-state index in [1.54, 1.807) is 11.8 Å². The number of nitrogens with two attached hydrogens (primary N) is 1. The number of carbonyl (C=O) groups excluding carboxylic acids is 1. The number of amides is 1. The number of carbonyl (C=O) groups is 1. The number of thioether (sulfide) groups is 1. The number of nitrogens with one attached hydrogen (secondary N) is 2. The molecule has 1 amide bonds. The fraction of sp³-hybridized carbons (Fsp3) is 0.455. The summed E-state index contributed by atoms with van der Waals surface area (Å²) in [6, 6.07) is 8.31. The number of nitrogens with zero attached hydrogens (tertiary/aromatic N) is 2. The van der Waals surface area contributed by atoms with E-state index in [0.717, 1.165) is 49.6 Å². The maximum Gasteiger partial charge on any atom is 0.270 e. The number of sulfonamides is 1. The highest BCUT2D eigenvalue weighted by Gasteiger charge is 2.37. The van der Waals surface area contributed by atoms with Gasteiger partial charge in [0.2, 0.25) is 0 Å². The fourth-order valence-electron chi connectivity index (χ4n) is 3.81. The van der Waals surface area contributed by atoms with Crippen molar-refractivity contribution in [2.75, 3.05) is 51.8 Å². The standard InChI is InChI=1S/C22H29N5O6S2/c23-19-20(22(29)25-3-7-28)35(30,31)26-21(19)24-4-10-34-14-17-12-16-2-1-15(11-18(16)33-17)13-27-5-8-32-9-6-27/h1-2,11-12,28H,3-10,13-14,23H2,(H,24,26)(H,25,29). The summed E-state index contributed by atoms with van der Waals surface area (Å²) in [4.78, 5) is 18.0. The van der Waals surface area contributed by atoms with Gasteiger partial charge in [0.1, 0.15) is 17.0 Å². The Kier molecular flexibility index (Phi) is 8.34. The number of ether oxygens (including phenoxy) is 1. The molecule has 35 heavy (non-hydrogen) atoms. The number of rotatable bonds is 10. The Labute approximate surface area is 207 Å². The Hall–Kier alpha value is -2.58. The Bertz CT molecular complexity index is 1230. The molecule has 190 valence electrons. The molecular formula is C22H29N5O6S2. The molecule has 1 fully saturated rings. The van der Waals surface area contributed by atoms with Crippen LogP contribution in [0.25, 0.3) is 11.0 Å². The van der Waals surface area contributed by atoms with Gasteiger partial charge in [-0.25, -0.2) is 8.42 Å². The third-order valence-electron chi connectivity index (χ3n) is 5.50. The second kappa shape index (κ2) is 11.4. The van der Waals surface area contributed by atoms with Crippen molar-refractivity contribution in [3.8, 4) is 0 Å². The summed E-state index contributed by atoms with van der Waals surface area (Å²) < 4.78 is 38.0. The molecule has 0 bridgehead atoms. The summed E-state index contributed by atoms with van der Waals surface area (Å²) in [6.45, 7) is 4.19. The smallest absolute Gasteiger partial charge is 0.270 e. The van der Waals surface area contributed by atoms with Crippen molar-refractivity contribution in [2.24, 2.45) is 10.7 Å². The highest BCUT2D eigenvalue weighted by Crippen LogP contribution is 2.25. The van der Waals surface area contributed by atoms with E-state index >= 15 is 0 Å². The molecule has 2 aliphatic heterocycles. The molecule has 0 saturated carbocycles. The van der Waals surface area contributed by atoms with Crippen LogP contribution in [0, 0.1) is 0 Å². The summed E-state index contributed by atoms with van der Waals surface area (Å²) in [7, 11) is -4.08. The second-order valence-corrected chi connectivity index (χ2v) is 10.8. The molecule has 2 aromatic rings. The van der Waals surface area contributed by atoms with Crippen molar-refractivity contribution in [3.05, 3.63) is 46.2 Å². The van der Waals surface area contributed by atoms with E-state index < -0.39 is 20.8 Å². The number of amidine groups is 1. The third-order valence-corrected chi connectivity index (χ3v) is 7.86. The molecule has 0 radical (unpaired) electrons. The second-order valence-electron chi connectivity index (χ2n) is 8.08. The van der Waals surface area contributed by atoms with Crippen molar-refractivity contribution in [3.63, 3.8) is 0 Å². The molecule has 0 aliphatic carbocycles. The van der Waals surface area contributed by atoms with E-state index in [1.165, 1.54) is 5.56 Å². The number of aliphatic hydroxyl groups is 1. The Morgan fingerprint density at radius 3 is 2.86 bits per heavy atom. The third kappa shape index (κ3) is 6.35. The van der Waals surface area contributed by atoms with Gasteiger partial charge in [-0.3, -0.25) is 19.4 Å². The van der Waals surface area contributed by atoms with E-state index in [-0.39, 0.29) is 24.7 Å². The van der Waals surface area contributed by atoms with Crippen LogP contribution in [-0.2, 0) is 31.9 Å². The SMILES string of the molecule is NC1=C(C(=O)NCCO)S(=O)(=O)NC1=NCCSCc1cc2ccc(CN3CCOCC3)cc2o1. The topological polar surface area (TPSA) is 159 Å². The van der Waals surface area contributed by atoms with E-state index in [2.05, 4.69) is 38.1 Å². The number of benzene rings is 1. The number of hydrogen-bond donors (Lipinski definition) is 4. The van der Waals surface area contributed by atoms with Crippen LogP contribution in [0.3, 0.4) is 0 Å². The predicted octanol–water partition coefficient (Wildman–Crippen LogP) is 0.109. The van der Waals surface area contributed by atoms with Crippen LogP contribution in [-0.4, -0.2) is 81.9 Å². The minimum Gasteiger partial charge on any atom is -0.460 e. The number of furan rings is 1. The molecule has 2 aliphatic rings. The molecule has 3 heterocycles. The van der Waals surface area contributed by atoms with Crippen molar-refractivity contribution in [2.45, 2.75) is 12.3 Å². The quantitative estimate of drug-likeness (QED) is 0.317. The number of aliphatic hydroxyl groups excluding tert-OH is 1. The monoisotopic (exact) mass is 523 g/mol. The zero-order valence-electron chi connectivity index (χ0n) is 19.2. The molecule has 1 aromatic heterocycles. The van der Waals surface area contributed by atoms with Gasteiger partial charge in [-0.1, -0.05) is 12.1 Å². The molecule has 0 atom stereocenters. The highest BCUT2D eigenvalue weighted by molar-refractivity contribution is 7.98. The fourth-order valence-corrected chi connectivity index (χ4v) is 5.75. The van der Waals surface area contributed by atoms with E-state index in [0.29, 0.717) is 18.1 Å². The maximum absolute atomic E-state index is 12.2. The maximum atomic E-state index is 12.2. The average Bonchev–Trinajstić information content (AvgIpc) is 3.34. The van der Waals surface area contributed by atoms with Gasteiger partial charge in [-0.2, -0.15) is 11.8 Å². The predicted molar refractivity (Wildman–Crippen MR) is 134 cm³/mol. The number of aliphatic imine (C=N–C) groups is 1. The number of hydrogen-bond acceptors (Lipinski definition) is 10. The van der Waals surface area contributed by atoms with Gasteiger partial charge in [-0.15, -0.1) is 0 Å². The molecule has 13 heteroatoms. The van der Waals surface area contributed by atoms with Crippen LogP contribution in [0.1, 0.15) is 11.3 Å². The largest absolute Gasteiger partial charge is 0.460 e. The van der Waals surface area contributed by atoms with Gasteiger partial charge < -0.3 is 25.3 Å². The van der Waals surface area contributed by atoms with Crippen molar-refractivity contribution >= 4 is 44.5 Å². The van der Waals surface area contributed by atoms with Crippen LogP contribution < -0.4 is 15.8 Å². The summed E-state index contributed by atoms with van der Waals surface area (Å²) in [5.41, 5.74) is 7.68. The van der Waals surface area contributed by atoms with Crippen LogP contribution in [0.5, 0.6) is 0 Å². The first-order chi connectivity index (χ1) is 16.9. The van der Waals surface area contributed by atoms with E-state index in [4.69, 9.17) is 20.0 Å². The zero-order valence-corrected chi connectivity index (χ0v) is 20.8. The molecule has 1 aromatic carbocycles. The Morgan fingerprint density at radius 2 is 2.09 bits per heavy atom. The Morgan fingerprint density at radius 1 is 1.29 bits per heavy atom. The normalized spacial score (nSPS) is 19.4. The number of fused-ring (bicyclic) bond motifs is 1. The van der Waals surface area contributed by atoms with E-state index in [9.17, 15) is 13.2 Å². The van der Waals surface area contributed by atoms with Gasteiger partial charge in [0, 0.05) is 37.3 Å². The summed E-state index contributed by atoms with van der Waals surface area (Å²) in [5.74, 6) is 1.18. The van der Waals surface area contributed by atoms with Crippen LogP contribution in [0.4, 0.5) is 0 Å². The molecule has 1 saturated heterocycles. The zero-order chi connectivity index (χ0) is 24.8. The van der Waals surface area contributed by atoms with Crippen molar-refractivity contribution in [1.29, 1.82) is 0 Å². The van der Waals surface area contributed by atoms with Crippen LogP contribution >= 0.6 is 11.8 Å². The Balaban J connectivity index is 1.29. The van der Waals surface area contributed by atoms with Crippen LogP contribution in [0.15, 0.2) is 44.3 Å². The minimum absolute atomic E-state index is 0.0451. The summed E-state index contributed by atoms with van der Waals surface area (Å²) >= 11 is 1.59. The van der Waals surface area contributed by atoms with Crippen molar-refractivity contribution < 1.29 is 27.5 Å². The van der Waals surface area contributed by atoms with Crippen molar-refractivity contribution in [1.82, 2.24) is 14.9 Å². The van der Waals surface area contributed by atoms with Gasteiger partial charge >= 0.3 is 0 Å². The first kappa shape index (κ1) is 25.5. The average molecular weight is 524 g/mol. The molecular weight excluding hydrogens is 494 g/mol. The molecule has 5 N–H and O–H groups in total. The minimum atomic E-state index is -4.08. The first-order valence-electron chi connectivity index (χ1n) is 11.2.